The zero-order chi connectivity index (χ0) is 26.0. The second kappa shape index (κ2) is 8.22. The molecule has 5 rings (SSSR count). The van der Waals surface area contributed by atoms with Gasteiger partial charge < -0.3 is 34.3 Å². The van der Waals surface area contributed by atoms with E-state index in [1.165, 1.54) is 12.1 Å². The summed E-state index contributed by atoms with van der Waals surface area (Å²) in [5.41, 5.74) is -0.534. The van der Waals surface area contributed by atoms with Crippen molar-refractivity contribution < 1.29 is 53.4 Å². The molecule has 36 heavy (non-hydrogen) atoms. The summed E-state index contributed by atoms with van der Waals surface area (Å²) in [6, 6.07) is 3.35. The van der Waals surface area contributed by atoms with Crippen molar-refractivity contribution in [2.45, 2.75) is 75.3 Å². The first kappa shape index (κ1) is 24.1. The highest BCUT2D eigenvalue weighted by Crippen LogP contribution is 2.67. The maximum atomic E-state index is 13.2. The number of carboxylic acids is 1. The molecule has 11 heteroatoms. The van der Waals surface area contributed by atoms with Gasteiger partial charge in [0.25, 0.3) is 0 Å². The molecule has 2 bridgehead atoms. The second-order valence-corrected chi connectivity index (χ2v) is 9.76. The number of esters is 3. The average molecular weight is 502 g/mol. The van der Waals surface area contributed by atoms with Crippen molar-refractivity contribution in [2.24, 2.45) is 5.92 Å². The molecule has 0 radical (unpaired) electrons. The molecule has 1 heterocycles. The third-order valence-electron chi connectivity index (χ3n) is 7.82. The van der Waals surface area contributed by atoms with Crippen molar-refractivity contribution in [3.05, 3.63) is 35.1 Å². The Labute approximate surface area is 205 Å². The summed E-state index contributed by atoms with van der Waals surface area (Å²) in [5, 5.41) is 32.1. The number of aromatic hydroxyl groups is 1. The minimum absolute atomic E-state index is 0.00195. The molecule has 6 atom stereocenters. The lowest BCUT2D eigenvalue weighted by Crippen LogP contribution is -2.67. The van der Waals surface area contributed by atoms with Gasteiger partial charge in [-0.05, 0) is 49.3 Å². The van der Waals surface area contributed by atoms with E-state index in [1.54, 1.807) is 0 Å². The lowest BCUT2D eigenvalue weighted by molar-refractivity contribution is -0.189. The van der Waals surface area contributed by atoms with Gasteiger partial charge in [-0.25, -0.2) is 9.59 Å². The molecule has 0 unspecified atom stereocenters. The van der Waals surface area contributed by atoms with Crippen molar-refractivity contribution in [2.75, 3.05) is 0 Å². The van der Waals surface area contributed by atoms with Crippen molar-refractivity contribution in [1.29, 1.82) is 0 Å². The van der Waals surface area contributed by atoms with Crippen LogP contribution in [0.1, 0.15) is 50.7 Å². The average Bonchev–Trinajstić information content (AvgIpc) is 3.14. The Bertz CT molecular complexity index is 1200. The molecule has 0 aromatic heterocycles. The van der Waals surface area contributed by atoms with Crippen LogP contribution in [-0.4, -0.2) is 63.1 Å². The number of rotatable bonds is 6. The van der Waals surface area contributed by atoms with Gasteiger partial charge in [-0.1, -0.05) is 12.5 Å². The number of phenolic OH excluding ortho intramolecular Hbond substituents is 1. The predicted octanol–water partition coefficient (Wildman–Crippen LogP) is 1.26. The highest BCUT2D eigenvalue weighted by molar-refractivity contribution is 5.88. The molecule has 1 spiro atoms. The molecule has 1 aromatic carbocycles. The summed E-state index contributed by atoms with van der Waals surface area (Å²) in [6.45, 7) is 1.92. The molecule has 1 aliphatic heterocycles. The Morgan fingerprint density at radius 3 is 2.47 bits per heavy atom. The van der Waals surface area contributed by atoms with Crippen molar-refractivity contribution >= 4 is 23.9 Å². The van der Waals surface area contributed by atoms with E-state index in [1.807, 2.05) is 6.07 Å². The van der Waals surface area contributed by atoms with E-state index in [0.717, 1.165) is 32.3 Å². The van der Waals surface area contributed by atoms with Crippen LogP contribution in [0.25, 0.3) is 0 Å². The first-order valence-corrected chi connectivity index (χ1v) is 11.7. The smallest absolute Gasteiger partial charge is 0.357 e. The molecule has 3 N–H and O–H groups in total. The molecular formula is C25H26O11. The van der Waals surface area contributed by atoms with Crippen LogP contribution in [0.2, 0.25) is 0 Å². The van der Waals surface area contributed by atoms with E-state index >= 15 is 0 Å². The summed E-state index contributed by atoms with van der Waals surface area (Å²) in [7, 11) is 0. The highest BCUT2D eigenvalue weighted by Gasteiger charge is 2.71. The third-order valence-corrected chi connectivity index (χ3v) is 7.82. The van der Waals surface area contributed by atoms with Gasteiger partial charge in [0, 0.05) is 19.4 Å². The largest absolute Gasteiger partial charge is 0.504 e. The van der Waals surface area contributed by atoms with E-state index in [0.29, 0.717) is 18.4 Å². The predicted molar refractivity (Wildman–Crippen MR) is 118 cm³/mol. The van der Waals surface area contributed by atoms with Crippen LogP contribution >= 0.6 is 0 Å². The number of carboxylic acid groups (broad SMARTS) is 1. The molecule has 11 nitrogen and oxygen atoms in total. The molecule has 3 aliphatic carbocycles. The number of carbonyl (C=O) groups is 4. The summed E-state index contributed by atoms with van der Waals surface area (Å²) >= 11 is 0. The summed E-state index contributed by atoms with van der Waals surface area (Å²) in [5.74, 6) is -4.92. The molecule has 0 amide bonds. The molecule has 192 valence electrons. The molecule has 4 aliphatic rings. The van der Waals surface area contributed by atoms with Crippen molar-refractivity contribution in [3.8, 4) is 11.5 Å². The molecule has 1 aromatic rings. The van der Waals surface area contributed by atoms with E-state index in [4.69, 9.17) is 18.9 Å². The van der Waals surface area contributed by atoms with Gasteiger partial charge in [-0.15, -0.1) is 0 Å². The number of hydrogen-bond acceptors (Lipinski definition) is 10. The third kappa shape index (κ3) is 3.29. The number of aliphatic hydroxyl groups is 1. The van der Waals surface area contributed by atoms with Gasteiger partial charge in [0.05, 0.1) is 11.0 Å². The number of phenols is 1. The minimum atomic E-state index is -2.13. The number of benzene rings is 1. The monoisotopic (exact) mass is 502 g/mol. The van der Waals surface area contributed by atoms with Crippen LogP contribution in [-0.2, 0) is 45.2 Å². The quantitative estimate of drug-likeness (QED) is 0.379. The maximum absolute atomic E-state index is 13.2. The van der Waals surface area contributed by atoms with Crippen LogP contribution in [0.5, 0.6) is 11.5 Å². The number of hydrogen-bond donors (Lipinski definition) is 3. The Hall–Kier alpha value is -3.60. The SMILES string of the molecule is CC(=O)O[C@@H](C(=O)O)[C@@H](OC(C)=O)C(=O)OC1=CC[C@]2(O)[C@H]3CCC[C@]24c2c(ccc(O)c2O[C@H]14)C3. The molecule has 1 saturated carbocycles. The zero-order valence-corrected chi connectivity index (χ0v) is 19.7. The van der Waals surface area contributed by atoms with E-state index in [2.05, 4.69) is 0 Å². The van der Waals surface area contributed by atoms with Gasteiger partial charge in [0.1, 0.15) is 5.76 Å². The van der Waals surface area contributed by atoms with Crippen LogP contribution < -0.4 is 4.74 Å². The fourth-order valence-corrected chi connectivity index (χ4v) is 6.54. The topological polar surface area (TPSA) is 166 Å². The molecule has 1 fully saturated rings. The summed E-state index contributed by atoms with van der Waals surface area (Å²) in [4.78, 5) is 47.9. The van der Waals surface area contributed by atoms with Gasteiger partial charge in [-0.2, -0.15) is 0 Å². The maximum Gasteiger partial charge on any atom is 0.357 e. The highest BCUT2D eigenvalue weighted by atomic mass is 16.6. The Morgan fingerprint density at radius 1 is 1.11 bits per heavy atom. The molecule has 0 saturated heterocycles. The van der Waals surface area contributed by atoms with Gasteiger partial charge in [-0.3, -0.25) is 9.59 Å². The first-order valence-electron chi connectivity index (χ1n) is 11.7. The second-order valence-electron chi connectivity index (χ2n) is 9.76. The standard InChI is InChI=1S/C25H26O11/c1-11(26)33-19(22(29)30)20(34-12(2)27)23(31)35-16-7-9-25(32)14-4-3-8-24(25)17-13(10-14)5-6-15(28)18(17)36-21(16)24/h5-7,14,19-21,28,32H,3-4,8-10H2,1-2H3,(H,29,30)/t14-,19+,20+,21+,24+,25-/m0/s1. The fourth-order valence-electron chi connectivity index (χ4n) is 6.54. The van der Waals surface area contributed by atoms with E-state index in [-0.39, 0.29) is 29.6 Å². The van der Waals surface area contributed by atoms with E-state index < -0.39 is 53.2 Å². The normalized spacial score (nSPS) is 30.6. The van der Waals surface area contributed by atoms with Gasteiger partial charge >= 0.3 is 23.9 Å². The van der Waals surface area contributed by atoms with Gasteiger partial charge in [0.2, 0.25) is 12.2 Å². The van der Waals surface area contributed by atoms with Gasteiger partial charge in [0.15, 0.2) is 17.6 Å². The Kier molecular flexibility index (Phi) is 5.51. The summed E-state index contributed by atoms with van der Waals surface area (Å²) < 4.78 is 21.3. The van der Waals surface area contributed by atoms with Crippen molar-refractivity contribution in [1.82, 2.24) is 0 Å². The molecular weight excluding hydrogens is 476 g/mol. The number of ether oxygens (including phenoxy) is 4. The van der Waals surface area contributed by atoms with Crippen LogP contribution in [0.4, 0.5) is 0 Å². The summed E-state index contributed by atoms with van der Waals surface area (Å²) in [6.07, 6.45) is -0.824. The van der Waals surface area contributed by atoms with Crippen molar-refractivity contribution in [3.63, 3.8) is 0 Å². The van der Waals surface area contributed by atoms with Crippen LogP contribution in [0.3, 0.4) is 0 Å². The number of aliphatic carboxylic acids is 1. The Morgan fingerprint density at radius 2 is 1.81 bits per heavy atom. The fraction of sp³-hybridized carbons (Fsp3) is 0.520. The number of carbonyl (C=O) groups excluding carboxylic acids is 3. The Balaban J connectivity index is 1.53. The lowest BCUT2D eigenvalue weighted by Gasteiger charge is -2.59. The lowest BCUT2D eigenvalue weighted by atomic mass is 9.47. The first-order chi connectivity index (χ1) is 17.0. The zero-order valence-electron chi connectivity index (χ0n) is 19.7. The van der Waals surface area contributed by atoms with E-state index in [9.17, 15) is 34.5 Å². The van der Waals surface area contributed by atoms with Crippen LogP contribution in [0.15, 0.2) is 24.0 Å². The van der Waals surface area contributed by atoms with Crippen LogP contribution in [0, 0.1) is 5.92 Å². The minimum Gasteiger partial charge on any atom is -0.504 e.